The maximum absolute atomic E-state index is 14.0. The first-order valence-electron chi connectivity index (χ1n) is 12.3. The van der Waals surface area contributed by atoms with Gasteiger partial charge in [0.15, 0.2) is 0 Å². The average Bonchev–Trinajstić information content (AvgIpc) is 2.90. The number of carbonyl (C=O) groups is 2. The Hall–Kier alpha value is -3.65. The van der Waals surface area contributed by atoms with E-state index >= 15 is 0 Å². The fourth-order valence-electron chi connectivity index (χ4n) is 4.30. The second-order valence-corrected chi connectivity index (χ2v) is 10.9. The number of nitrogens with one attached hydrogen (secondary N) is 1. The van der Waals surface area contributed by atoms with E-state index < -0.39 is 28.5 Å². The van der Waals surface area contributed by atoms with Crippen LogP contribution in [0.1, 0.15) is 35.6 Å². The van der Waals surface area contributed by atoms with Gasteiger partial charge in [-0.25, -0.2) is 8.42 Å². The van der Waals surface area contributed by atoms with E-state index in [2.05, 4.69) is 5.32 Å². The van der Waals surface area contributed by atoms with Gasteiger partial charge in [-0.05, 0) is 67.6 Å². The Bertz CT molecular complexity index is 1360. The van der Waals surface area contributed by atoms with Crippen LogP contribution in [-0.2, 0) is 26.2 Å². The Labute approximate surface area is 220 Å². The number of rotatable bonds is 10. The molecule has 0 aliphatic carbocycles. The molecule has 7 nitrogen and oxygen atoms in total. The van der Waals surface area contributed by atoms with Crippen molar-refractivity contribution in [2.45, 2.75) is 51.6 Å². The highest BCUT2D eigenvalue weighted by molar-refractivity contribution is 7.92. The van der Waals surface area contributed by atoms with Gasteiger partial charge in [-0.3, -0.25) is 13.9 Å². The Balaban J connectivity index is 2.11. The highest BCUT2D eigenvalue weighted by Crippen LogP contribution is 2.29. The first-order chi connectivity index (χ1) is 17.6. The minimum atomic E-state index is -4.08. The van der Waals surface area contributed by atoms with Crippen LogP contribution in [0.2, 0.25) is 0 Å². The molecule has 3 rings (SSSR count). The van der Waals surface area contributed by atoms with Crippen LogP contribution >= 0.6 is 0 Å². The zero-order valence-corrected chi connectivity index (χ0v) is 22.9. The summed E-state index contributed by atoms with van der Waals surface area (Å²) in [5, 5.41) is 2.64. The molecule has 0 aliphatic heterocycles. The van der Waals surface area contributed by atoms with Crippen LogP contribution in [0.3, 0.4) is 0 Å². The number of nitrogens with zero attached hydrogens (tertiary/aromatic N) is 2. The van der Waals surface area contributed by atoms with Crippen molar-refractivity contribution in [2.75, 3.05) is 17.9 Å². The van der Waals surface area contributed by atoms with Gasteiger partial charge in [0, 0.05) is 13.6 Å². The lowest BCUT2D eigenvalue weighted by molar-refractivity contribution is -0.140. The molecule has 8 heteroatoms. The second-order valence-electron chi connectivity index (χ2n) is 9.03. The number of carbonyl (C=O) groups excluding carboxylic acids is 2. The summed E-state index contributed by atoms with van der Waals surface area (Å²) in [4.78, 5) is 28.4. The molecule has 0 heterocycles. The maximum atomic E-state index is 14.0. The van der Waals surface area contributed by atoms with Crippen LogP contribution in [-0.4, -0.2) is 44.8 Å². The van der Waals surface area contributed by atoms with Crippen molar-refractivity contribution in [1.82, 2.24) is 10.2 Å². The molecule has 37 heavy (non-hydrogen) atoms. The van der Waals surface area contributed by atoms with Crippen molar-refractivity contribution >= 4 is 27.5 Å². The van der Waals surface area contributed by atoms with Crippen LogP contribution in [0.5, 0.6) is 0 Å². The number of anilines is 1. The number of aryl methyl sites for hydroxylation is 2. The lowest BCUT2D eigenvalue weighted by Crippen LogP contribution is -2.52. The summed E-state index contributed by atoms with van der Waals surface area (Å²) in [6.45, 7) is 7.26. The quantitative estimate of drug-likeness (QED) is 0.430. The van der Waals surface area contributed by atoms with Gasteiger partial charge in [-0.2, -0.15) is 0 Å². The fourth-order valence-corrected chi connectivity index (χ4v) is 5.79. The van der Waals surface area contributed by atoms with E-state index in [1.807, 2.05) is 58.0 Å². The lowest BCUT2D eigenvalue weighted by atomic mass is 10.1. The van der Waals surface area contributed by atoms with Gasteiger partial charge in [-0.15, -0.1) is 0 Å². The molecule has 196 valence electrons. The van der Waals surface area contributed by atoms with Crippen molar-refractivity contribution in [3.8, 4) is 0 Å². The maximum Gasteiger partial charge on any atom is 0.264 e. The molecule has 0 saturated carbocycles. The predicted molar refractivity (Wildman–Crippen MR) is 147 cm³/mol. The topological polar surface area (TPSA) is 86.8 Å². The van der Waals surface area contributed by atoms with Crippen molar-refractivity contribution < 1.29 is 18.0 Å². The smallest absolute Gasteiger partial charge is 0.264 e. The van der Waals surface area contributed by atoms with E-state index in [9.17, 15) is 18.0 Å². The Kier molecular flexibility index (Phi) is 9.10. The van der Waals surface area contributed by atoms with Gasteiger partial charge < -0.3 is 10.2 Å². The summed E-state index contributed by atoms with van der Waals surface area (Å²) < 4.78 is 28.9. The molecule has 3 aromatic carbocycles. The minimum Gasteiger partial charge on any atom is -0.357 e. The predicted octanol–water partition coefficient (Wildman–Crippen LogP) is 4.36. The third kappa shape index (κ3) is 6.20. The number of hydrogen-bond acceptors (Lipinski definition) is 4. The third-order valence-corrected chi connectivity index (χ3v) is 8.46. The minimum absolute atomic E-state index is 0.0903. The molecule has 0 bridgehead atoms. The van der Waals surface area contributed by atoms with Crippen LogP contribution < -0.4 is 9.62 Å². The zero-order valence-electron chi connectivity index (χ0n) is 22.1. The molecule has 0 fully saturated rings. The molecular formula is C29H35N3O4S. The van der Waals surface area contributed by atoms with Gasteiger partial charge in [0.25, 0.3) is 10.0 Å². The summed E-state index contributed by atoms with van der Waals surface area (Å²) in [5.74, 6) is -0.757. The molecule has 2 amide bonds. The van der Waals surface area contributed by atoms with Gasteiger partial charge in [0.2, 0.25) is 11.8 Å². The monoisotopic (exact) mass is 521 g/mol. The van der Waals surface area contributed by atoms with Crippen LogP contribution in [0.4, 0.5) is 5.69 Å². The number of amides is 2. The van der Waals surface area contributed by atoms with Crippen LogP contribution in [0, 0.1) is 20.8 Å². The standard InChI is InChI=1S/C29H35N3O4S/c1-6-26(29(34)30-5)31(19-24-15-11-10-13-22(24)3)28(33)20-32(27-18-12-14-21(2)23(27)4)37(35,36)25-16-8-7-9-17-25/h7-18,26H,6,19-20H2,1-5H3,(H,30,34)/t26-/m0/s1. The molecule has 0 aliphatic rings. The van der Waals surface area contributed by atoms with Crippen LogP contribution in [0.15, 0.2) is 77.7 Å². The Morgan fingerprint density at radius 2 is 1.49 bits per heavy atom. The first kappa shape index (κ1) is 27.9. The van der Waals surface area contributed by atoms with Gasteiger partial charge in [0.05, 0.1) is 10.6 Å². The van der Waals surface area contributed by atoms with Gasteiger partial charge in [-0.1, -0.05) is 61.5 Å². The van der Waals surface area contributed by atoms with E-state index in [1.54, 1.807) is 30.3 Å². The normalized spacial score (nSPS) is 12.0. The zero-order chi connectivity index (χ0) is 27.2. The largest absolute Gasteiger partial charge is 0.357 e. The molecule has 0 aromatic heterocycles. The molecule has 3 aromatic rings. The lowest BCUT2D eigenvalue weighted by Gasteiger charge is -2.33. The van der Waals surface area contributed by atoms with Crippen molar-refractivity contribution in [1.29, 1.82) is 0 Å². The van der Waals surface area contributed by atoms with Gasteiger partial charge in [0.1, 0.15) is 12.6 Å². The van der Waals surface area contributed by atoms with E-state index in [4.69, 9.17) is 0 Å². The van der Waals surface area contributed by atoms with Crippen molar-refractivity contribution in [2.24, 2.45) is 0 Å². The Morgan fingerprint density at radius 1 is 0.865 bits per heavy atom. The third-order valence-electron chi connectivity index (χ3n) is 6.69. The average molecular weight is 522 g/mol. The Morgan fingerprint density at radius 3 is 2.11 bits per heavy atom. The van der Waals surface area contributed by atoms with E-state index in [-0.39, 0.29) is 17.3 Å². The summed E-state index contributed by atoms with van der Waals surface area (Å²) in [6, 6.07) is 20.4. The first-order valence-corrected chi connectivity index (χ1v) is 13.7. The number of benzene rings is 3. The van der Waals surface area contributed by atoms with Crippen LogP contribution in [0.25, 0.3) is 0 Å². The number of hydrogen-bond donors (Lipinski definition) is 1. The molecule has 1 atom stereocenters. The second kappa shape index (κ2) is 12.1. The van der Waals surface area contributed by atoms with E-state index in [1.165, 1.54) is 24.1 Å². The summed E-state index contributed by atoms with van der Waals surface area (Å²) >= 11 is 0. The van der Waals surface area contributed by atoms with Gasteiger partial charge >= 0.3 is 0 Å². The fraction of sp³-hybridized carbons (Fsp3) is 0.310. The summed E-state index contributed by atoms with van der Waals surface area (Å²) in [7, 11) is -2.54. The molecule has 0 unspecified atom stereocenters. The molecule has 0 saturated heterocycles. The van der Waals surface area contributed by atoms with E-state index in [0.717, 1.165) is 26.6 Å². The summed E-state index contributed by atoms with van der Waals surface area (Å²) in [6.07, 6.45) is 0.381. The molecule has 0 radical (unpaired) electrons. The van der Waals surface area contributed by atoms with Crippen molar-refractivity contribution in [3.05, 3.63) is 95.1 Å². The molecular weight excluding hydrogens is 486 g/mol. The number of likely N-dealkylation sites (N-methyl/N-ethyl adjacent to an activating group) is 1. The van der Waals surface area contributed by atoms with E-state index in [0.29, 0.717) is 12.1 Å². The SMILES string of the molecule is CC[C@@H](C(=O)NC)N(Cc1ccccc1C)C(=O)CN(c1cccc(C)c1C)S(=O)(=O)c1ccccc1. The molecule has 0 spiro atoms. The highest BCUT2D eigenvalue weighted by atomic mass is 32.2. The number of sulfonamides is 1. The summed E-state index contributed by atoms with van der Waals surface area (Å²) in [5.41, 5.74) is 3.98. The highest BCUT2D eigenvalue weighted by Gasteiger charge is 2.34. The molecule has 1 N–H and O–H groups in total. The van der Waals surface area contributed by atoms with Crippen molar-refractivity contribution in [3.63, 3.8) is 0 Å².